The van der Waals surface area contributed by atoms with Gasteiger partial charge in [-0.2, -0.15) is 0 Å². The van der Waals surface area contributed by atoms with Crippen LogP contribution in [0, 0.1) is 11.8 Å². The summed E-state index contributed by atoms with van der Waals surface area (Å²) in [4.78, 5) is 23.6. The zero-order chi connectivity index (χ0) is 13.8. The largest absolute Gasteiger partial charge is 0.468 e. The second-order valence-corrected chi connectivity index (χ2v) is 5.73. The molecule has 4 nitrogen and oxygen atoms in total. The Bertz CT molecular complexity index is 383. The van der Waals surface area contributed by atoms with E-state index in [2.05, 4.69) is 5.32 Å². The number of esters is 1. The van der Waals surface area contributed by atoms with Gasteiger partial charge in [-0.3, -0.25) is 9.59 Å². The number of ether oxygens (including phenoxy) is 1. The molecular weight excluding hydrogens is 242 g/mol. The summed E-state index contributed by atoms with van der Waals surface area (Å²) in [7, 11) is 1.34. The summed E-state index contributed by atoms with van der Waals surface area (Å²) in [6.45, 7) is 1.94. The maximum Gasteiger partial charge on any atom is 0.316 e. The molecule has 2 atom stereocenters. The molecule has 4 heteroatoms. The Morgan fingerprint density at radius 3 is 2.58 bits per heavy atom. The molecule has 1 fully saturated rings. The Balaban J connectivity index is 2.00. The molecule has 0 unspecified atom stereocenters. The van der Waals surface area contributed by atoms with Crippen LogP contribution in [0.1, 0.15) is 45.4 Å². The zero-order valence-electron chi connectivity index (χ0n) is 11.8. The third kappa shape index (κ3) is 3.37. The average Bonchev–Trinajstić information content (AvgIpc) is 2.38. The first-order chi connectivity index (χ1) is 9.11. The van der Waals surface area contributed by atoms with Crippen molar-refractivity contribution in [2.75, 3.05) is 7.11 Å². The van der Waals surface area contributed by atoms with Crippen molar-refractivity contribution in [3.8, 4) is 0 Å². The molecule has 2 rings (SSSR count). The number of rotatable bonds is 3. The molecule has 0 heterocycles. The van der Waals surface area contributed by atoms with Crippen LogP contribution in [0.4, 0.5) is 0 Å². The lowest BCUT2D eigenvalue weighted by molar-refractivity contribution is -0.150. The average molecular weight is 265 g/mol. The van der Waals surface area contributed by atoms with E-state index in [1.54, 1.807) is 6.08 Å². The van der Waals surface area contributed by atoms with Crippen LogP contribution in [0.2, 0.25) is 0 Å². The van der Waals surface area contributed by atoms with Crippen molar-refractivity contribution in [1.82, 2.24) is 5.32 Å². The molecule has 0 amide bonds. The molecule has 0 spiro atoms. The summed E-state index contributed by atoms with van der Waals surface area (Å²) < 4.78 is 4.71. The van der Waals surface area contributed by atoms with Crippen LogP contribution >= 0.6 is 0 Å². The Hall–Kier alpha value is -1.32. The molecular formula is C15H23NO3. The minimum atomic E-state index is -0.623. The van der Waals surface area contributed by atoms with Gasteiger partial charge in [-0.25, -0.2) is 0 Å². The molecule has 0 radical (unpaired) electrons. The number of hydrogen-bond donors (Lipinski definition) is 1. The van der Waals surface area contributed by atoms with Crippen LogP contribution in [0.15, 0.2) is 11.8 Å². The fourth-order valence-corrected chi connectivity index (χ4v) is 3.15. The van der Waals surface area contributed by atoms with Crippen molar-refractivity contribution in [1.29, 1.82) is 0 Å². The number of nitrogens with one attached hydrogen (secondary N) is 1. The highest BCUT2D eigenvalue weighted by Crippen LogP contribution is 2.28. The SMILES string of the molecule is COC(=O)[C@@H]1C(=O)C=C(NC2CCCCC2)C[C@H]1C. The molecule has 2 aliphatic carbocycles. The maximum atomic E-state index is 12.0. The van der Waals surface area contributed by atoms with E-state index in [-0.39, 0.29) is 11.7 Å². The van der Waals surface area contributed by atoms with Gasteiger partial charge in [-0.05, 0) is 25.2 Å². The first-order valence-corrected chi connectivity index (χ1v) is 7.20. The summed E-state index contributed by atoms with van der Waals surface area (Å²) in [5.74, 6) is -1.15. The first kappa shape index (κ1) is 14.1. The van der Waals surface area contributed by atoms with Crippen LogP contribution in [-0.4, -0.2) is 24.9 Å². The zero-order valence-corrected chi connectivity index (χ0v) is 11.8. The van der Waals surface area contributed by atoms with Gasteiger partial charge in [0.25, 0.3) is 0 Å². The topological polar surface area (TPSA) is 55.4 Å². The molecule has 1 saturated carbocycles. The van der Waals surface area contributed by atoms with Gasteiger partial charge in [0, 0.05) is 17.8 Å². The van der Waals surface area contributed by atoms with Gasteiger partial charge in [0.1, 0.15) is 5.92 Å². The molecule has 0 bridgehead atoms. The second kappa shape index (κ2) is 6.22. The molecule has 0 saturated heterocycles. The van der Waals surface area contributed by atoms with E-state index in [4.69, 9.17) is 4.74 Å². The fourth-order valence-electron chi connectivity index (χ4n) is 3.15. The molecule has 0 aromatic carbocycles. The first-order valence-electron chi connectivity index (χ1n) is 7.20. The van der Waals surface area contributed by atoms with Crippen LogP contribution in [-0.2, 0) is 14.3 Å². The molecule has 19 heavy (non-hydrogen) atoms. The quantitative estimate of drug-likeness (QED) is 0.628. The van der Waals surface area contributed by atoms with E-state index in [1.165, 1.54) is 39.2 Å². The lowest BCUT2D eigenvalue weighted by Gasteiger charge is -2.30. The number of ketones is 1. The highest BCUT2D eigenvalue weighted by molar-refractivity contribution is 6.06. The third-order valence-electron chi connectivity index (χ3n) is 4.18. The summed E-state index contributed by atoms with van der Waals surface area (Å²) in [6.07, 6.45) is 8.56. The van der Waals surface area contributed by atoms with Crippen LogP contribution in [0.25, 0.3) is 0 Å². The maximum absolute atomic E-state index is 12.0. The molecule has 2 aliphatic rings. The van der Waals surface area contributed by atoms with Gasteiger partial charge >= 0.3 is 5.97 Å². The Morgan fingerprint density at radius 2 is 2.00 bits per heavy atom. The number of carbonyl (C=O) groups is 2. The Morgan fingerprint density at radius 1 is 1.32 bits per heavy atom. The van der Waals surface area contributed by atoms with E-state index < -0.39 is 11.9 Å². The highest BCUT2D eigenvalue weighted by atomic mass is 16.5. The minimum Gasteiger partial charge on any atom is -0.468 e. The van der Waals surface area contributed by atoms with Gasteiger partial charge in [-0.1, -0.05) is 26.2 Å². The molecule has 0 aliphatic heterocycles. The molecule has 1 N–H and O–H groups in total. The number of allylic oxidation sites excluding steroid dienone is 2. The molecule has 106 valence electrons. The van der Waals surface area contributed by atoms with Crippen molar-refractivity contribution in [2.45, 2.75) is 51.5 Å². The van der Waals surface area contributed by atoms with Crippen LogP contribution < -0.4 is 5.32 Å². The van der Waals surface area contributed by atoms with Gasteiger partial charge in [0.05, 0.1) is 7.11 Å². The molecule has 0 aromatic rings. The van der Waals surface area contributed by atoms with E-state index in [0.29, 0.717) is 6.04 Å². The second-order valence-electron chi connectivity index (χ2n) is 5.73. The van der Waals surface area contributed by atoms with Gasteiger partial charge in [0.2, 0.25) is 0 Å². The van der Waals surface area contributed by atoms with Crippen LogP contribution in [0.5, 0.6) is 0 Å². The van der Waals surface area contributed by atoms with Gasteiger partial charge in [0.15, 0.2) is 5.78 Å². The van der Waals surface area contributed by atoms with Crippen LogP contribution in [0.3, 0.4) is 0 Å². The normalized spacial score (nSPS) is 28.7. The summed E-state index contributed by atoms with van der Waals surface area (Å²) in [6, 6.07) is 0.495. The third-order valence-corrected chi connectivity index (χ3v) is 4.18. The predicted octanol–water partition coefficient (Wildman–Crippen LogP) is 2.19. The Kier molecular flexibility index (Phi) is 4.61. The van der Waals surface area contributed by atoms with Crippen molar-refractivity contribution in [3.05, 3.63) is 11.8 Å². The lowest BCUT2D eigenvalue weighted by atomic mass is 9.81. The van der Waals surface area contributed by atoms with Gasteiger partial charge < -0.3 is 10.1 Å². The number of carbonyl (C=O) groups excluding carboxylic acids is 2. The number of hydrogen-bond acceptors (Lipinski definition) is 4. The smallest absolute Gasteiger partial charge is 0.316 e. The fraction of sp³-hybridized carbons (Fsp3) is 0.733. The van der Waals surface area contributed by atoms with Crippen molar-refractivity contribution >= 4 is 11.8 Å². The standard InChI is InChI=1S/C15H23NO3/c1-10-8-12(16-11-6-4-3-5-7-11)9-13(17)14(10)15(18)19-2/h9-11,14,16H,3-8H2,1-2H3/t10-,14+/m1/s1. The van der Waals surface area contributed by atoms with E-state index in [9.17, 15) is 9.59 Å². The Labute approximate surface area is 114 Å². The highest BCUT2D eigenvalue weighted by Gasteiger charge is 2.36. The van der Waals surface area contributed by atoms with Crippen molar-refractivity contribution < 1.29 is 14.3 Å². The van der Waals surface area contributed by atoms with E-state index in [1.807, 2.05) is 6.92 Å². The summed E-state index contributed by atoms with van der Waals surface area (Å²) in [5.41, 5.74) is 0.990. The van der Waals surface area contributed by atoms with E-state index >= 15 is 0 Å². The summed E-state index contributed by atoms with van der Waals surface area (Å²) in [5, 5.41) is 3.48. The monoisotopic (exact) mass is 265 g/mol. The van der Waals surface area contributed by atoms with Gasteiger partial charge in [-0.15, -0.1) is 0 Å². The lowest BCUT2D eigenvalue weighted by Crippen LogP contribution is -2.38. The number of methoxy groups -OCH3 is 1. The minimum absolute atomic E-state index is 0.0102. The summed E-state index contributed by atoms with van der Waals surface area (Å²) >= 11 is 0. The van der Waals surface area contributed by atoms with Crippen molar-refractivity contribution in [2.24, 2.45) is 11.8 Å². The molecule has 0 aromatic heterocycles. The van der Waals surface area contributed by atoms with E-state index in [0.717, 1.165) is 12.1 Å². The predicted molar refractivity (Wildman–Crippen MR) is 72.4 cm³/mol. The van der Waals surface area contributed by atoms with Crippen molar-refractivity contribution in [3.63, 3.8) is 0 Å².